The lowest BCUT2D eigenvalue weighted by molar-refractivity contribution is -0.105. The predicted octanol–water partition coefficient (Wildman–Crippen LogP) is 3.32. The van der Waals surface area contributed by atoms with Gasteiger partial charge in [-0.3, -0.25) is 4.79 Å². The third kappa shape index (κ3) is 2.12. The number of carbonyl (C=O) groups is 1. The van der Waals surface area contributed by atoms with E-state index < -0.39 is 0 Å². The van der Waals surface area contributed by atoms with Gasteiger partial charge in [0, 0.05) is 4.47 Å². The normalized spacial score (nSPS) is 9.58. The van der Waals surface area contributed by atoms with E-state index in [1.54, 1.807) is 12.1 Å². The fraction of sp³-hybridized carbons (Fsp3) is 0. The summed E-state index contributed by atoms with van der Waals surface area (Å²) in [4.78, 5) is 10.1. The Kier molecular flexibility index (Phi) is 3.38. The molecule has 0 unspecified atom stereocenters. The fourth-order valence-electron chi connectivity index (χ4n) is 0.697. The van der Waals surface area contributed by atoms with E-state index in [0.29, 0.717) is 26.6 Å². The molecule has 0 heterocycles. The lowest BCUT2D eigenvalue weighted by Gasteiger charge is -2.03. The van der Waals surface area contributed by atoms with Crippen molar-refractivity contribution in [1.29, 1.82) is 0 Å². The molecule has 0 bridgehead atoms. The monoisotopic (exact) mass is 267 g/mol. The van der Waals surface area contributed by atoms with E-state index in [1.807, 2.05) is 0 Å². The minimum atomic E-state index is 0.443. The van der Waals surface area contributed by atoms with Gasteiger partial charge in [-0.2, -0.15) is 0 Å². The molecule has 2 nitrogen and oxygen atoms in total. The summed E-state index contributed by atoms with van der Waals surface area (Å²) in [6.07, 6.45) is 0.547. The number of nitrogens with one attached hydrogen (secondary N) is 1. The molecule has 0 spiro atoms. The molecule has 0 saturated carbocycles. The molecule has 0 radical (unpaired) electrons. The van der Waals surface area contributed by atoms with Crippen molar-refractivity contribution >= 4 is 51.2 Å². The standard InChI is InChI=1S/C7H4BrCl2NO/c8-4-1-6(10)7(11-3-12)2-5(4)9/h1-3H,(H,11,12). The zero-order valence-electron chi connectivity index (χ0n) is 5.77. The summed E-state index contributed by atoms with van der Waals surface area (Å²) in [5.74, 6) is 0. The number of rotatable bonds is 2. The molecule has 12 heavy (non-hydrogen) atoms. The summed E-state index contributed by atoms with van der Waals surface area (Å²) in [6.45, 7) is 0. The number of benzene rings is 1. The SMILES string of the molecule is O=CNc1cc(Cl)c(Br)cc1Cl. The molecule has 1 aromatic rings. The molecule has 0 aromatic heterocycles. The van der Waals surface area contributed by atoms with E-state index >= 15 is 0 Å². The van der Waals surface area contributed by atoms with Crippen molar-refractivity contribution in [2.75, 3.05) is 5.32 Å². The van der Waals surface area contributed by atoms with Crippen LogP contribution in [0.5, 0.6) is 0 Å². The molecule has 1 N–H and O–H groups in total. The van der Waals surface area contributed by atoms with Gasteiger partial charge in [0.2, 0.25) is 6.41 Å². The minimum absolute atomic E-state index is 0.443. The second-order valence-corrected chi connectivity index (χ2v) is 3.68. The highest BCUT2D eigenvalue weighted by atomic mass is 79.9. The number of anilines is 1. The van der Waals surface area contributed by atoms with Crippen molar-refractivity contribution < 1.29 is 4.79 Å². The number of carbonyl (C=O) groups excluding carboxylic acids is 1. The third-order valence-corrected chi connectivity index (χ3v) is 2.73. The molecule has 0 atom stereocenters. The van der Waals surface area contributed by atoms with Gasteiger partial charge in [0.05, 0.1) is 15.7 Å². The van der Waals surface area contributed by atoms with E-state index in [1.165, 1.54) is 0 Å². The maximum atomic E-state index is 10.1. The van der Waals surface area contributed by atoms with Gasteiger partial charge in [0.25, 0.3) is 0 Å². The van der Waals surface area contributed by atoms with Crippen molar-refractivity contribution in [2.24, 2.45) is 0 Å². The maximum Gasteiger partial charge on any atom is 0.211 e. The molecule has 0 fully saturated rings. The molecule has 1 amide bonds. The molecule has 64 valence electrons. The second-order valence-electron chi connectivity index (χ2n) is 2.01. The summed E-state index contributed by atoms with van der Waals surface area (Å²) >= 11 is 14.7. The van der Waals surface area contributed by atoms with Crippen LogP contribution in [0.4, 0.5) is 5.69 Å². The van der Waals surface area contributed by atoms with Crippen LogP contribution in [0.15, 0.2) is 16.6 Å². The van der Waals surface area contributed by atoms with Crippen LogP contribution in [0.2, 0.25) is 10.0 Å². The van der Waals surface area contributed by atoms with Crippen LogP contribution in [0.3, 0.4) is 0 Å². The van der Waals surface area contributed by atoms with E-state index in [9.17, 15) is 4.79 Å². The Hall–Kier alpha value is -0.250. The zero-order chi connectivity index (χ0) is 9.14. The van der Waals surface area contributed by atoms with Gasteiger partial charge in [-0.1, -0.05) is 23.2 Å². The highest BCUT2D eigenvalue weighted by Gasteiger charge is 2.03. The van der Waals surface area contributed by atoms with E-state index in [0.717, 1.165) is 0 Å². The summed E-state index contributed by atoms with van der Waals surface area (Å²) < 4.78 is 0.700. The Morgan fingerprint density at radius 2 is 2.00 bits per heavy atom. The number of hydrogen-bond donors (Lipinski definition) is 1. The number of hydrogen-bond acceptors (Lipinski definition) is 1. The molecule has 1 rings (SSSR count). The average molecular weight is 269 g/mol. The van der Waals surface area contributed by atoms with Crippen molar-refractivity contribution in [1.82, 2.24) is 0 Å². The van der Waals surface area contributed by atoms with E-state index in [4.69, 9.17) is 23.2 Å². The number of amides is 1. The average Bonchev–Trinajstić information content (AvgIpc) is 2.01. The zero-order valence-corrected chi connectivity index (χ0v) is 8.87. The summed E-state index contributed by atoms with van der Waals surface area (Å²) in [7, 11) is 0. The first-order valence-electron chi connectivity index (χ1n) is 3.00. The van der Waals surface area contributed by atoms with Crippen molar-refractivity contribution in [3.8, 4) is 0 Å². The Morgan fingerprint density at radius 1 is 1.33 bits per heavy atom. The molecule has 0 aliphatic carbocycles. The predicted molar refractivity (Wildman–Crippen MR) is 53.8 cm³/mol. The van der Waals surface area contributed by atoms with Crippen LogP contribution in [0.25, 0.3) is 0 Å². The van der Waals surface area contributed by atoms with Gasteiger partial charge in [-0.05, 0) is 28.1 Å². The lowest BCUT2D eigenvalue weighted by atomic mass is 10.3. The van der Waals surface area contributed by atoms with E-state index in [-0.39, 0.29) is 0 Å². The highest BCUT2D eigenvalue weighted by molar-refractivity contribution is 9.10. The first-order valence-corrected chi connectivity index (χ1v) is 4.54. The van der Waals surface area contributed by atoms with E-state index in [2.05, 4.69) is 21.2 Å². The first kappa shape index (κ1) is 9.84. The van der Waals surface area contributed by atoms with Crippen LogP contribution in [0.1, 0.15) is 0 Å². The molecule has 0 saturated heterocycles. The molecule has 5 heteroatoms. The van der Waals surface area contributed by atoms with Crippen LogP contribution in [-0.2, 0) is 4.79 Å². The highest BCUT2D eigenvalue weighted by Crippen LogP contribution is 2.31. The third-order valence-electron chi connectivity index (χ3n) is 1.22. The molecule has 1 aromatic carbocycles. The Morgan fingerprint density at radius 3 is 2.58 bits per heavy atom. The molecule has 0 aliphatic rings. The largest absolute Gasteiger partial charge is 0.327 e. The Labute approximate surface area is 88.0 Å². The minimum Gasteiger partial charge on any atom is -0.327 e. The maximum absolute atomic E-state index is 10.1. The van der Waals surface area contributed by atoms with Crippen molar-refractivity contribution in [2.45, 2.75) is 0 Å². The van der Waals surface area contributed by atoms with Gasteiger partial charge in [-0.25, -0.2) is 0 Å². The summed E-state index contributed by atoms with van der Waals surface area (Å²) in [5.41, 5.74) is 0.500. The Balaban J connectivity index is 3.13. The molecular weight excluding hydrogens is 265 g/mol. The summed E-state index contributed by atoms with van der Waals surface area (Å²) in [6, 6.07) is 3.19. The molecular formula is C7H4BrCl2NO. The second kappa shape index (κ2) is 4.12. The quantitative estimate of drug-likeness (QED) is 0.647. The topological polar surface area (TPSA) is 29.1 Å². The van der Waals surface area contributed by atoms with Gasteiger partial charge < -0.3 is 5.32 Å². The lowest BCUT2D eigenvalue weighted by Crippen LogP contribution is -1.94. The van der Waals surface area contributed by atoms with Crippen LogP contribution < -0.4 is 5.32 Å². The number of halogens is 3. The van der Waals surface area contributed by atoms with Crippen LogP contribution >= 0.6 is 39.1 Å². The van der Waals surface area contributed by atoms with Crippen molar-refractivity contribution in [3.63, 3.8) is 0 Å². The molecule has 0 aliphatic heterocycles. The van der Waals surface area contributed by atoms with Crippen LogP contribution in [0, 0.1) is 0 Å². The van der Waals surface area contributed by atoms with Crippen LogP contribution in [-0.4, -0.2) is 6.41 Å². The van der Waals surface area contributed by atoms with Crippen molar-refractivity contribution in [3.05, 3.63) is 26.7 Å². The fourth-order valence-corrected chi connectivity index (χ4v) is 1.55. The van der Waals surface area contributed by atoms with Gasteiger partial charge in [0.1, 0.15) is 0 Å². The smallest absolute Gasteiger partial charge is 0.211 e. The van der Waals surface area contributed by atoms with Gasteiger partial charge in [-0.15, -0.1) is 0 Å². The van der Waals surface area contributed by atoms with Gasteiger partial charge in [0.15, 0.2) is 0 Å². The van der Waals surface area contributed by atoms with Gasteiger partial charge >= 0.3 is 0 Å². The summed E-state index contributed by atoms with van der Waals surface area (Å²) in [5, 5.41) is 3.37. The Bertz CT molecular complexity index is 317. The first-order chi connectivity index (χ1) is 5.65.